The van der Waals surface area contributed by atoms with Crippen molar-refractivity contribution in [3.63, 3.8) is 0 Å². The second-order valence-electron chi connectivity index (χ2n) is 4.85. The Hall–Kier alpha value is -1.06. The first-order valence-corrected chi connectivity index (χ1v) is 5.65. The van der Waals surface area contributed by atoms with E-state index in [9.17, 15) is 5.11 Å². The lowest BCUT2D eigenvalue weighted by atomic mass is 10.0. The Bertz CT molecular complexity index is 331. The predicted molar refractivity (Wildman–Crippen MR) is 65.1 cm³/mol. The molecule has 1 aromatic carbocycles. The minimum Gasteiger partial charge on any atom is -0.508 e. The van der Waals surface area contributed by atoms with Crippen LogP contribution in [0.3, 0.4) is 0 Å². The predicted octanol–water partition coefficient (Wildman–Crippen LogP) is 3.16. The molecule has 0 aliphatic carbocycles. The minimum absolute atomic E-state index is 0.0143. The molecule has 3 heteroatoms. The summed E-state index contributed by atoms with van der Waals surface area (Å²) in [5.74, 6) is 0.305. The van der Waals surface area contributed by atoms with Crippen molar-refractivity contribution in [2.75, 3.05) is 0 Å². The van der Waals surface area contributed by atoms with E-state index in [1.807, 2.05) is 39.0 Å². The Kier molecular flexibility index (Phi) is 4.33. The van der Waals surface area contributed by atoms with Crippen LogP contribution >= 0.6 is 0 Å². The number of hydrogen-bond donors (Lipinski definition) is 2. The van der Waals surface area contributed by atoms with E-state index in [0.29, 0.717) is 5.75 Å². The zero-order valence-corrected chi connectivity index (χ0v) is 10.4. The fraction of sp³-hybridized carbons (Fsp3) is 0.538. The van der Waals surface area contributed by atoms with Crippen molar-refractivity contribution in [3.05, 3.63) is 29.8 Å². The Labute approximate surface area is 97.4 Å². The molecule has 0 fully saturated rings. The molecule has 3 nitrogen and oxygen atoms in total. The number of benzene rings is 1. The maximum Gasteiger partial charge on any atom is 0.120 e. The summed E-state index contributed by atoms with van der Waals surface area (Å²) < 4.78 is 0. The van der Waals surface area contributed by atoms with Crippen LogP contribution in [-0.4, -0.2) is 10.7 Å². The number of phenols is 1. The summed E-state index contributed by atoms with van der Waals surface area (Å²) in [6, 6.07) is 7.34. The molecule has 90 valence electrons. The van der Waals surface area contributed by atoms with Crippen molar-refractivity contribution >= 4 is 0 Å². The second kappa shape index (κ2) is 5.32. The highest BCUT2D eigenvalue weighted by Gasteiger charge is 2.17. The van der Waals surface area contributed by atoms with Crippen LogP contribution in [-0.2, 0) is 4.84 Å². The zero-order chi connectivity index (χ0) is 12.2. The zero-order valence-electron chi connectivity index (χ0n) is 10.4. The van der Waals surface area contributed by atoms with E-state index >= 15 is 0 Å². The molecule has 0 amide bonds. The van der Waals surface area contributed by atoms with Gasteiger partial charge in [0.2, 0.25) is 0 Å². The molecule has 0 radical (unpaired) electrons. The highest BCUT2D eigenvalue weighted by molar-refractivity contribution is 5.34. The molecule has 2 N–H and O–H groups in total. The molecule has 0 saturated heterocycles. The smallest absolute Gasteiger partial charge is 0.120 e. The van der Waals surface area contributed by atoms with Crippen LogP contribution < -0.4 is 5.48 Å². The van der Waals surface area contributed by atoms with Crippen molar-refractivity contribution in [2.24, 2.45) is 0 Å². The van der Waals surface area contributed by atoms with Crippen LogP contribution in [0, 0.1) is 0 Å². The molecule has 0 aliphatic rings. The van der Waals surface area contributed by atoms with Gasteiger partial charge in [0.1, 0.15) is 5.75 Å². The fourth-order valence-electron chi connectivity index (χ4n) is 1.40. The molecule has 0 heterocycles. The number of aromatic hydroxyl groups is 1. The molecule has 1 atom stereocenters. The maximum atomic E-state index is 9.75. The summed E-state index contributed by atoms with van der Waals surface area (Å²) in [5.41, 5.74) is 3.64. The minimum atomic E-state index is -0.238. The van der Waals surface area contributed by atoms with Crippen LogP contribution in [0.1, 0.15) is 45.7 Å². The Morgan fingerprint density at radius 2 is 1.94 bits per heavy atom. The van der Waals surface area contributed by atoms with Crippen molar-refractivity contribution in [3.8, 4) is 5.75 Å². The van der Waals surface area contributed by atoms with E-state index in [-0.39, 0.29) is 11.6 Å². The molecular formula is C13H21NO2. The number of nitrogens with one attached hydrogen (secondary N) is 1. The number of phenolic OH excluding ortho intramolecular Hbond substituents is 1. The lowest BCUT2D eigenvalue weighted by Gasteiger charge is -2.25. The van der Waals surface area contributed by atoms with Crippen molar-refractivity contribution in [1.29, 1.82) is 0 Å². The number of hydroxylamine groups is 1. The van der Waals surface area contributed by atoms with Crippen LogP contribution in [0.15, 0.2) is 24.3 Å². The SMILES string of the molecule is CCC(NOC(C)(C)C)c1ccccc1O. The standard InChI is InChI=1S/C13H21NO2/c1-5-11(14-16-13(2,3)4)10-8-6-7-9-12(10)15/h6-9,11,14-15H,5H2,1-4H3. The summed E-state index contributed by atoms with van der Waals surface area (Å²) >= 11 is 0. The van der Waals surface area contributed by atoms with Gasteiger partial charge in [0.25, 0.3) is 0 Å². The molecule has 0 bridgehead atoms. The van der Waals surface area contributed by atoms with Crippen LogP contribution in [0.5, 0.6) is 5.75 Å². The molecule has 1 unspecified atom stereocenters. The van der Waals surface area contributed by atoms with Gasteiger partial charge in [-0.05, 0) is 33.3 Å². The Balaban J connectivity index is 2.72. The summed E-state index contributed by atoms with van der Waals surface area (Å²) in [6.07, 6.45) is 0.855. The molecule has 1 aromatic rings. The van der Waals surface area contributed by atoms with Gasteiger partial charge >= 0.3 is 0 Å². The van der Waals surface area contributed by atoms with E-state index in [1.54, 1.807) is 6.07 Å². The second-order valence-corrected chi connectivity index (χ2v) is 4.85. The van der Waals surface area contributed by atoms with Crippen molar-refractivity contribution < 1.29 is 9.94 Å². The number of rotatable bonds is 4. The average Bonchev–Trinajstić information content (AvgIpc) is 2.20. The largest absolute Gasteiger partial charge is 0.508 e. The van der Waals surface area contributed by atoms with Crippen LogP contribution in [0.2, 0.25) is 0 Å². The molecule has 0 aromatic heterocycles. The van der Waals surface area contributed by atoms with Gasteiger partial charge in [-0.15, -0.1) is 0 Å². The first-order valence-electron chi connectivity index (χ1n) is 5.65. The van der Waals surface area contributed by atoms with Crippen molar-refractivity contribution in [1.82, 2.24) is 5.48 Å². The number of para-hydroxylation sites is 1. The topological polar surface area (TPSA) is 41.5 Å². The van der Waals surface area contributed by atoms with E-state index in [1.165, 1.54) is 0 Å². The number of hydrogen-bond acceptors (Lipinski definition) is 3. The normalized spacial score (nSPS) is 13.8. The third-order valence-electron chi connectivity index (χ3n) is 2.23. The van der Waals surface area contributed by atoms with Gasteiger partial charge in [0, 0.05) is 5.56 Å². The molecule has 16 heavy (non-hydrogen) atoms. The van der Waals surface area contributed by atoms with E-state index in [2.05, 4.69) is 12.4 Å². The van der Waals surface area contributed by atoms with E-state index in [0.717, 1.165) is 12.0 Å². The first kappa shape index (κ1) is 13.0. The maximum absolute atomic E-state index is 9.75. The van der Waals surface area contributed by atoms with Gasteiger partial charge in [-0.2, -0.15) is 5.48 Å². The van der Waals surface area contributed by atoms with Gasteiger partial charge in [-0.1, -0.05) is 25.1 Å². The summed E-state index contributed by atoms with van der Waals surface area (Å²) in [5, 5.41) is 9.75. The molecule has 0 spiro atoms. The van der Waals surface area contributed by atoms with Crippen molar-refractivity contribution in [2.45, 2.75) is 45.8 Å². The van der Waals surface area contributed by atoms with E-state index < -0.39 is 0 Å². The summed E-state index contributed by atoms with van der Waals surface area (Å²) in [7, 11) is 0. The highest BCUT2D eigenvalue weighted by Crippen LogP contribution is 2.26. The monoisotopic (exact) mass is 223 g/mol. The lowest BCUT2D eigenvalue weighted by Crippen LogP contribution is -2.31. The molecular weight excluding hydrogens is 202 g/mol. The quantitative estimate of drug-likeness (QED) is 0.770. The van der Waals surface area contributed by atoms with Gasteiger partial charge < -0.3 is 5.11 Å². The third kappa shape index (κ3) is 3.83. The summed E-state index contributed by atoms with van der Waals surface area (Å²) in [6.45, 7) is 8.00. The molecule has 1 rings (SSSR count). The fourth-order valence-corrected chi connectivity index (χ4v) is 1.40. The van der Waals surface area contributed by atoms with Gasteiger partial charge in [-0.3, -0.25) is 4.84 Å². The summed E-state index contributed by atoms with van der Waals surface area (Å²) in [4.78, 5) is 5.53. The molecule has 0 aliphatic heterocycles. The Morgan fingerprint density at radius 1 is 1.31 bits per heavy atom. The van der Waals surface area contributed by atoms with Crippen LogP contribution in [0.25, 0.3) is 0 Å². The first-order chi connectivity index (χ1) is 7.44. The molecule has 0 saturated carbocycles. The highest BCUT2D eigenvalue weighted by atomic mass is 16.7. The third-order valence-corrected chi connectivity index (χ3v) is 2.23. The van der Waals surface area contributed by atoms with Gasteiger partial charge in [0.05, 0.1) is 11.6 Å². The lowest BCUT2D eigenvalue weighted by molar-refractivity contribution is -0.0898. The van der Waals surface area contributed by atoms with Crippen LogP contribution in [0.4, 0.5) is 0 Å². The van der Waals surface area contributed by atoms with Gasteiger partial charge in [-0.25, -0.2) is 0 Å². The Morgan fingerprint density at radius 3 is 2.44 bits per heavy atom. The van der Waals surface area contributed by atoms with Gasteiger partial charge in [0.15, 0.2) is 0 Å². The average molecular weight is 223 g/mol. The van der Waals surface area contributed by atoms with E-state index in [4.69, 9.17) is 4.84 Å².